The highest BCUT2D eigenvalue weighted by Gasteiger charge is 2.36. The first-order valence-corrected chi connectivity index (χ1v) is 11.5. The van der Waals surface area contributed by atoms with Crippen molar-refractivity contribution in [2.75, 3.05) is 21.5 Å². The van der Waals surface area contributed by atoms with Gasteiger partial charge >= 0.3 is 0 Å². The summed E-state index contributed by atoms with van der Waals surface area (Å²) >= 11 is 0. The van der Waals surface area contributed by atoms with Crippen molar-refractivity contribution in [1.82, 2.24) is 0 Å². The van der Waals surface area contributed by atoms with Crippen molar-refractivity contribution in [3.63, 3.8) is 0 Å². The number of aryl methyl sites for hydroxylation is 2. The first-order valence-electron chi connectivity index (χ1n) is 10.0. The van der Waals surface area contributed by atoms with Crippen LogP contribution in [0.2, 0.25) is 0 Å². The Balaban J connectivity index is 1.61. The Morgan fingerprint density at radius 3 is 2.33 bits per heavy atom. The van der Waals surface area contributed by atoms with Crippen LogP contribution < -0.4 is 14.9 Å². The predicted molar refractivity (Wildman–Crippen MR) is 116 cm³/mol. The maximum absolute atomic E-state index is 13.0. The highest BCUT2D eigenvalue weighted by molar-refractivity contribution is 7.92. The highest BCUT2D eigenvalue weighted by atomic mass is 32.2. The van der Waals surface area contributed by atoms with Gasteiger partial charge in [-0.15, -0.1) is 0 Å². The van der Waals surface area contributed by atoms with Gasteiger partial charge in [0, 0.05) is 30.8 Å². The Kier molecular flexibility index (Phi) is 5.05. The van der Waals surface area contributed by atoms with E-state index >= 15 is 0 Å². The van der Waals surface area contributed by atoms with Crippen molar-refractivity contribution in [2.45, 2.75) is 44.9 Å². The number of amides is 2. The van der Waals surface area contributed by atoms with E-state index in [-0.39, 0.29) is 22.6 Å². The lowest BCUT2D eigenvalue weighted by molar-refractivity contribution is -0.119. The van der Waals surface area contributed by atoms with Crippen LogP contribution in [0.25, 0.3) is 0 Å². The van der Waals surface area contributed by atoms with Crippen LogP contribution in [0.1, 0.15) is 36.5 Å². The van der Waals surface area contributed by atoms with Crippen LogP contribution >= 0.6 is 0 Å². The van der Waals surface area contributed by atoms with Gasteiger partial charge in [-0.3, -0.25) is 14.3 Å². The van der Waals surface area contributed by atoms with Crippen LogP contribution in [-0.4, -0.2) is 26.8 Å². The number of rotatable bonds is 5. The van der Waals surface area contributed by atoms with Crippen LogP contribution in [0.3, 0.4) is 0 Å². The van der Waals surface area contributed by atoms with Crippen molar-refractivity contribution in [3.05, 3.63) is 47.0 Å². The molecule has 2 aromatic rings. The summed E-state index contributed by atoms with van der Waals surface area (Å²) in [7, 11) is -3.83. The fourth-order valence-electron chi connectivity index (χ4n) is 3.89. The first-order chi connectivity index (χ1) is 14.2. The molecule has 0 unspecified atom stereocenters. The smallest absolute Gasteiger partial charge is 0.261 e. The number of benzene rings is 2. The van der Waals surface area contributed by atoms with Crippen molar-refractivity contribution >= 4 is 38.9 Å². The van der Waals surface area contributed by atoms with Gasteiger partial charge in [-0.2, -0.15) is 0 Å². The molecule has 4 rings (SSSR count). The van der Waals surface area contributed by atoms with E-state index in [1.165, 1.54) is 19.1 Å². The highest BCUT2D eigenvalue weighted by Crippen LogP contribution is 2.38. The Bertz CT molecular complexity index is 1130. The third-order valence-electron chi connectivity index (χ3n) is 5.54. The number of nitrogens with zero attached hydrogens (tertiary/aromatic N) is 1. The Morgan fingerprint density at radius 1 is 1.07 bits per heavy atom. The van der Waals surface area contributed by atoms with Crippen molar-refractivity contribution in [1.29, 1.82) is 0 Å². The van der Waals surface area contributed by atoms with Gasteiger partial charge in [-0.05, 0) is 74.1 Å². The summed E-state index contributed by atoms with van der Waals surface area (Å²) < 4.78 is 28.6. The van der Waals surface area contributed by atoms with Gasteiger partial charge in [0.05, 0.1) is 10.6 Å². The Morgan fingerprint density at radius 2 is 1.73 bits per heavy atom. The number of nitrogens with one attached hydrogen (secondary N) is 2. The van der Waals surface area contributed by atoms with E-state index in [0.29, 0.717) is 29.0 Å². The number of hydrogen-bond acceptors (Lipinski definition) is 4. The molecule has 2 N–H and O–H groups in total. The first kappa shape index (κ1) is 20.4. The minimum absolute atomic E-state index is 0.115. The van der Waals surface area contributed by atoms with Crippen molar-refractivity contribution in [3.8, 4) is 0 Å². The fourth-order valence-corrected chi connectivity index (χ4v) is 5.11. The average Bonchev–Trinajstić information content (AvgIpc) is 3.43. The standard InChI is InChI=1S/C22H25N3O4S/c1-13-10-19(11-14(2)21(13)23-15(3)26)30(28,29)24-18-7-6-16-8-9-25(20(16)12-18)22(27)17-4-5-17/h6-7,10-12,17,24H,4-5,8-9H2,1-3H3,(H,23,26). The van der Waals surface area contributed by atoms with Crippen LogP contribution in [0.4, 0.5) is 17.1 Å². The second-order valence-electron chi connectivity index (χ2n) is 8.08. The summed E-state index contributed by atoms with van der Waals surface area (Å²) in [6, 6.07) is 8.43. The molecule has 2 aliphatic rings. The molecule has 1 saturated carbocycles. The lowest BCUT2D eigenvalue weighted by atomic mass is 10.1. The molecule has 2 amide bonds. The van der Waals surface area contributed by atoms with Crippen LogP contribution in [0.15, 0.2) is 35.2 Å². The molecular weight excluding hydrogens is 402 g/mol. The number of sulfonamides is 1. The largest absolute Gasteiger partial charge is 0.326 e. The maximum atomic E-state index is 13.0. The molecule has 7 nitrogen and oxygen atoms in total. The quantitative estimate of drug-likeness (QED) is 0.765. The molecule has 1 fully saturated rings. The monoisotopic (exact) mass is 427 g/mol. The normalized spacial score (nSPS) is 15.6. The molecule has 0 spiro atoms. The van der Waals surface area contributed by atoms with Gasteiger partial charge in [0.25, 0.3) is 10.0 Å². The number of carbonyl (C=O) groups excluding carboxylic acids is 2. The van der Waals surface area contributed by atoms with Gasteiger partial charge in [0.1, 0.15) is 0 Å². The SMILES string of the molecule is CC(=O)Nc1c(C)cc(S(=O)(=O)Nc2ccc3c(c2)N(C(=O)C2CC2)CC3)cc1C. The van der Waals surface area contributed by atoms with Crippen molar-refractivity contribution in [2.24, 2.45) is 5.92 Å². The third kappa shape index (κ3) is 3.92. The molecule has 0 radical (unpaired) electrons. The summed E-state index contributed by atoms with van der Waals surface area (Å²) in [5, 5.41) is 2.74. The summed E-state index contributed by atoms with van der Waals surface area (Å²) in [5.74, 6) is 0.0383. The molecule has 1 aliphatic heterocycles. The van der Waals surface area contributed by atoms with E-state index in [1.54, 1.807) is 30.9 Å². The lowest BCUT2D eigenvalue weighted by Gasteiger charge is -2.18. The van der Waals surface area contributed by atoms with E-state index in [0.717, 1.165) is 30.5 Å². The molecule has 0 bridgehead atoms. The number of anilines is 3. The number of hydrogen-bond donors (Lipinski definition) is 2. The second kappa shape index (κ2) is 7.43. The molecule has 8 heteroatoms. The van der Waals surface area contributed by atoms with Gasteiger partial charge in [-0.25, -0.2) is 8.42 Å². The maximum Gasteiger partial charge on any atom is 0.261 e. The molecular formula is C22H25N3O4S. The topological polar surface area (TPSA) is 95.6 Å². The van der Waals surface area contributed by atoms with Gasteiger partial charge < -0.3 is 10.2 Å². The van der Waals surface area contributed by atoms with Gasteiger partial charge in [-0.1, -0.05) is 6.07 Å². The summed E-state index contributed by atoms with van der Waals surface area (Å²) in [6.45, 7) is 5.57. The van der Waals surface area contributed by atoms with Crippen LogP contribution in [-0.2, 0) is 26.0 Å². The Hall–Kier alpha value is -2.87. The molecule has 2 aromatic carbocycles. The van der Waals surface area contributed by atoms with Gasteiger partial charge in [0.15, 0.2) is 0 Å². The molecule has 0 aromatic heterocycles. The number of fused-ring (bicyclic) bond motifs is 1. The Labute approximate surface area is 176 Å². The zero-order chi connectivity index (χ0) is 21.6. The average molecular weight is 428 g/mol. The minimum Gasteiger partial charge on any atom is -0.326 e. The van der Waals surface area contributed by atoms with E-state index in [9.17, 15) is 18.0 Å². The third-order valence-corrected chi connectivity index (χ3v) is 6.90. The molecule has 0 saturated heterocycles. The second-order valence-corrected chi connectivity index (χ2v) is 9.76. The molecule has 30 heavy (non-hydrogen) atoms. The molecule has 1 heterocycles. The van der Waals surface area contributed by atoms with Crippen LogP contribution in [0.5, 0.6) is 0 Å². The van der Waals surface area contributed by atoms with E-state index in [1.807, 2.05) is 6.07 Å². The van der Waals surface area contributed by atoms with E-state index in [4.69, 9.17) is 0 Å². The van der Waals surface area contributed by atoms with Crippen molar-refractivity contribution < 1.29 is 18.0 Å². The molecule has 0 atom stereocenters. The van der Waals surface area contributed by atoms with E-state index < -0.39 is 10.0 Å². The fraction of sp³-hybridized carbons (Fsp3) is 0.364. The van der Waals surface area contributed by atoms with Gasteiger partial charge in [0.2, 0.25) is 11.8 Å². The summed E-state index contributed by atoms with van der Waals surface area (Å²) in [4.78, 5) is 25.8. The summed E-state index contributed by atoms with van der Waals surface area (Å²) in [5.41, 5.74) is 4.22. The number of carbonyl (C=O) groups is 2. The van der Waals surface area contributed by atoms with Crippen LogP contribution in [0, 0.1) is 19.8 Å². The zero-order valence-corrected chi connectivity index (χ0v) is 18.1. The summed E-state index contributed by atoms with van der Waals surface area (Å²) in [6.07, 6.45) is 2.65. The molecule has 1 aliphatic carbocycles. The lowest BCUT2D eigenvalue weighted by Crippen LogP contribution is -2.30. The predicted octanol–water partition coefficient (Wildman–Crippen LogP) is 3.36. The van der Waals surface area contributed by atoms with E-state index in [2.05, 4.69) is 10.0 Å². The zero-order valence-electron chi connectivity index (χ0n) is 17.3. The minimum atomic E-state index is -3.83. The molecule has 158 valence electrons.